The number of hydrogen-bond acceptors (Lipinski definition) is 4. The lowest BCUT2D eigenvalue weighted by Crippen LogP contribution is -2.32. The molecule has 1 aromatic carbocycles. The van der Waals surface area contributed by atoms with Crippen molar-refractivity contribution in [2.75, 3.05) is 5.32 Å². The molecule has 1 aliphatic rings. The Morgan fingerprint density at radius 3 is 2.53 bits per heavy atom. The summed E-state index contributed by atoms with van der Waals surface area (Å²) in [4.78, 5) is 22.4. The Hall–Kier alpha value is -1.95. The largest absolute Gasteiger partial charge is 0.328 e. The molecule has 102 valence electrons. The standard InChI is InChI=1S/C13H17N3O3/c14-10-7-5-9(6-8-10)13(17)15-11-3-1-2-4-12(11)16(18)19/h1-4,9-10H,5-8,14H2,(H,15,17). The Balaban J connectivity index is 2.05. The molecule has 0 saturated heterocycles. The summed E-state index contributed by atoms with van der Waals surface area (Å²) in [6.07, 6.45) is 3.14. The number of nitro benzene ring substituents is 1. The third-order valence-electron chi connectivity index (χ3n) is 3.50. The number of nitrogens with one attached hydrogen (secondary N) is 1. The van der Waals surface area contributed by atoms with Gasteiger partial charge in [0.05, 0.1) is 4.92 Å². The maximum atomic E-state index is 12.1. The fourth-order valence-corrected chi connectivity index (χ4v) is 2.35. The molecule has 3 N–H and O–H groups in total. The van der Waals surface area contributed by atoms with E-state index in [1.807, 2.05) is 0 Å². The molecule has 1 fully saturated rings. The molecular formula is C13H17N3O3. The number of anilines is 1. The zero-order valence-corrected chi connectivity index (χ0v) is 10.5. The van der Waals surface area contributed by atoms with Crippen LogP contribution in [0.3, 0.4) is 0 Å². The van der Waals surface area contributed by atoms with Crippen molar-refractivity contribution < 1.29 is 9.72 Å². The number of benzene rings is 1. The van der Waals surface area contributed by atoms with Crippen molar-refractivity contribution in [3.63, 3.8) is 0 Å². The number of hydrogen-bond donors (Lipinski definition) is 2. The molecule has 1 saturated carbocycles. The fourth-order valence-electron chi connectivity index (χ4n) is 2.35. The zero-order chi connectivity index (χ0) is 13.8. The first-order valence-corrected chi connectivity index (χ1v) is 6.38. The van der Waals surface area contributed by atoms with E-state index in [4.69, 9.17) is 5.73 Å². The number of carbonyl (C=O) groups excluding carboxylic acids is 1. The molecular weight excluding hydrogens is 246 g/mol. The number of rotatable bonds is 3. The molecule has 1 amide bonds. The van der Waals surface area contributed by atoms with Gasteiger partial charge < -0.3 is 11.1 Å². The molecule has 6 heteroatoms. The van der Waals surface area contributed by atoms with E-state index in [1.54, 1.807) is 18.2 Å². The Morgan fingerprint density at radius 2 is 1.89 bits per heavy atom. The summed E-state index contributed by atoms with van der Waals surface area (Å²) < 4.78 is 0. The van der Waals surface area contributed by atoms with Crippen molar-refractivity contribution in [3.8, 4) is 0 Å². The van der Waals surface area contributed by atoms with Crippen LogP contribution in [0.25, 0.3) is 0 Å². The van der Waals surface area contributed by atoms with Gasteiger partial charge in [0, 0.05) is 18.0 Å². The van der Waals surface area contributed by atoms with Crippen molar-refractivity contribution in [2.45, 2.75) is 31.7 Å². The first-order valence-electron chi connectivity index (χ1n) is 6.38. The second-order valence-electron chi connectivity index (χ2n) is 4.88. The fraction of sp³-hybridized carbons (Fsp3) is 0.462. The minimum Gasteiger partial charge on any atom is -0.328 e. The topological polar surface area (TPSA) is 98.3 Å². The van der Waals surface area contributed by atoms with E-state index in [1.165, 1.54) is 6.07 Å². The number of nitrogens with two attached hydrogens (primary N) is 1. The highest BCUT2D eigenvalue weighted by molar-refractivity contribution is 5.94. The molecule has 0 heterocycles. The number of nitro groups is 1. The lowest BCUT2D eigenvalue weighted by atomic mass is 9.86. The van der Waals surface area contributed by atoms with Crippen molar-refractivity contribution in [1.82, 2.24) is 0 Å². The van der Waals surface area contributed by atoms with Crippen LogP contribution in [-0.2, 0) is 4.79 Å². The van der Waals surface area contributed by atoms with Gasteiger partial charge in [0.2, 0.25) is 5.91 Å². The molecule has 0 spiro atoms. The summed E-state index contributed by atoms with van der Waals surface area (Å²) in [5.74, 6) is -0.249. The van der Waals surface area contributed by atoms with E-state index in [0.29, 0.717) is 0 Å². The Labute approximate surface area is 111 Å². The predicted molar refractivity (Wildman–Crippen MR) is 71.7 cm³/mol. The number of para-hydroxylation sites is 2. The van der Waals surface area contributed by atoms with E-state index in [2.05, 4.69) is 5.32 Å². The second-order valence-corrected chi connectivity index (χ2v) is 4.88. The molecule has 0 radical (unpaired) electrons. The molecule has 19 heavy (non-hydrogen) atoms. The van der Waals surface area contributed by atoms with Crippen LogP contribution < -0.4 is 11.1 Å². The first-order chi connectivity index (χ1) is 9.08. The van der Waals surface area contributed by atoms with E-state index in [0.717, 1.165) is 25.7 Å². The summed E-state index contributed by atoms with van der Waals surface area (Å²) >= 11 is 0. The lowest BCUT2D eigenvalue weighted by molar-refractivity contribution is -0.383. The predicted octanol–water partition coefficient (Wildman–Crippen LogP) is 2.05. The van der Waals surface area contributed by atoms with Crippen molar-refractivity contribution in [1.29, 1.82) is 0 Å². The van der Waals surface area contributed by atoms with Gasteiger partial charge in [0.1, 0.15) is 5.69 Å². The normalized spacial score (nSPS) is 22.8. The third kappa shape index (κ3) is 3.29. The average molecular weight is 263 g/mol. The molecule has 6 nitrogen and oxygen atoms in total. The number of nitrogens with zero attached hydrogens (tertiary/aromatic N) is 1. The zero-order valence-electron chi connectivity index (χ0n) is 10.5. The van der Waals surface area contributed by atoms with Crippen LogP contribution in [0.2, 0.25) is 0 Å². The van der Waals surface area contributed by atoms with Crippen LogP contribution in [0.5, 0.6) is 0 Å². The third-order valence-corrected chi connectivity index (χ3v) is 3.50. The highest BCUT2D eigenvalue weighted by atomic mass is 16.6. The Kier molecular flexibility index (Phi) is 4.11. The Morgan fingerprint density at radius 1 is 1.26 bits per heavy atom. The highest BCUT2D eigenvalue weighted by Crippen LogP contribution is 2.27. The van der Waals surface area contributed by atoms with Gasteiger partial charge in [-0.05, 0) is 31.7 Å². The summed E-state index contributed by atoms with van der Waals surface area (Å²) in [7, 11) is 0. The number of carbonyl (C=O) groups is 1. The first kappa shape index (κ1) is 13.5. The lowest BCUT2D eigenvalue weighted by Gasteiger charge is -2.25. The molecule has 0 aliphatic heterocycles. The molecule has 1 aliphatic carbocycles. The Bertz CT molecular complexity index is 482. The van der Waals surface area contributed by atoms with Gasteiger partial charge in [-0.2, -0.15) is 0 Å². The van der Waals surface area contributed by atoms with Crippen LogP contribution in [-0.4, -0.2) is 16.9 Å². The second kappa shape index (κ2) is 5.79. The summed E-state index contributed by atoms with van der Waals surface area (Å²) in [5.41, 5.74) is 5.97. The summed E-state index contributed by atoms with van der Waals surface area (Å²) in [6.45, 7) is 0. The van der Waals surface area contributed by atoms with Crippen LogP contribution in [0.15, 0.2) is 24.3 Å². The van der Waals surface area contributed by atoms with E-state index >= 15 is 0 Å². The van der Waals surface area contributed by atoms with Gasteiger partial charge in [-0.25, -0.2) is 0 Å². The number of amides is 1. The molecule has 0 aromatic heterocycles. The van der Waals surface area contributed by atoms with E-state index < -0.39 is 4.92 Å². The molecule has 0 atom stereocenters. The average Bonchev–Trinajstić information content (AvgIpc) is 2.39. The van der Waals surface area contributed by atoms with Gasteiger partial charge in [-0.3, -0.25) is 14.9 Å². The van der Waals surface area contributed by atoms with Gasteiger partial charge in [0.15, 0.2) is 0 Å². The maximum Gasteiger partial charge on any atom is 0.292 e. The molecule has 0 unspecified atom stereocenters. The maximum absolute atomic E-state index is 12.1. The van der Waals surface area contributed by atoms with Crippen molar-refractivity contribution in [2.24, 2.45) is 11.7 Å². The summed E-state index contributed by atoms with van der Waals surface area (Å²) in [6, 6.07) is 6.35. The van der Waals surface area contributed by atoms with Gasteiger partial charge in [0.25, 0.3) is 5.69 Å². The van der Waals surface area contributed by atoms with E-state index in [-0.39, 0.29) is 29.2 Å². The van der Waals surface area contributed by atoms with Crippen LogP contribution in [0.4, 0.5) is 11.4 Å². The monoisotopic (exact) mass is 263 g/mol. The minimum atomic E-state index is -0.494. The van der Waals surface area contributed by atoms with Gasteiger partial charge in [-0.15, -0.1) is 0 Å². The smallest absolute Gasteiger partial charge is 0.292 e. The molecule has 2 rings (SSSR count). The van der Waals surface area contributed by atoms with Gasteiger partial charge >= 0.3 is 0 Å². The quantitative estimate of drug-likeness (QED) is 0.644. The summed E-state index contributed by atoms with van der Waals surface area (Å²) in [5, 5.41) is 13.5. The SMILES string of the molecule is NC1CCC(C(=O)Nc2ccccc2[N+](=O)[O-])CC1. The van der Waals surface area contributed by atoms with Crippen LogP contribution in [0.1, 0.15) is 25.7 Å². The van der Waals surface area contributed by atoms with Crippen molar-refractivity contribution in [3.05, 3.63) is 34.4 Å². The van der Waals surface area contributed by atoms with E-state index in [9.17, 15) is 14.9 Å². The van der Waals surface area contributed by atoms with Crippen molar-refractivity contribution >= 4 is 17.3 Å². The van der Waals surface area contributed by atoms with Gasteiger partial charge in [-0.1, -0.05) is 12.1 Å². The minimum absolute atomic E-state index is 0.0802. The van der Waals surface area contributed by atoms with Crippen LogP contribution >= 0.6 is 0 Å². The highest BCUT2D eigenvalue weighted by Gasteiger charge is 2.26. The molecule has 1 aromatic rings. The molecule has 0 bridgehead atoms. The van der Waals surface area contributed by atoms with Crippen LogP contribution in [0, 0.1) is 16.0 Å².